The van der Waals surface area contributed by atoms with E-state index in [0.717, 1.165) is 77.0 Å². The first-order valence-electron chi connectivity index (χ1n) is 31.1. The van der Waals surface area contributed by atoms with Gasteiger partial charge in [0.05, 0.1) is 0 Å². The van der Waals surface area contributed by atoms with Crippen molar-refractivity contribution in [2.24, 2.45) is 0 Å². The van der Waals surface area contributed by atoms with E-state index in [-0.39, 0.29) is 37.5 Å². The van der Waals surface area contributed by atoms with E-state index in [0.29, 0.717) is 19.3 Å². The van der Waals surface area contributed by atoms with E-state index in [9.17, 15) is 14.4 Å². The van der Waals surface area contributed by atoms with E-state index < -0.39 is 6.10 Å². The van der Waals surface area contributed by atoms with Crippen LogP contribution in [-0.4, -0.2) is 37.2 Å². The molecule has 0 aliphatic heterocycles. The highest BCUT2D eigenvalue weighted by molar-refractivity contribution is 5.71. The molecule has 0 radical (unpaired) electrons. The standard InChI is InChI=1S/C67H116O6/c1-4-7-10-13-16-19-22-25-28-31-33-36-39-42-45-48-51-54-57-60-66(69)72-63-64(62-71-65(68)59-56-53-50-47-44-41-38-35-30-27-24-21-18-15-12-9-6-3)73-67(70)61-58-55-52-49-46-43-40-37-34-32-29-26-23-20-17-14-11-8-5-2/h9,12,18,21,27,30-34,38,41,47,50,64H,4-8,10-11,13-17,19-20,22-26,28-29,35-37,39-40,42-46,48-49,51-63H2,1-3H3/b12-9-,21-18-,30-27-,33-31-,34-32-,41-38-,50-47-/t64-/m1/s1. The molecular formula is C67H116O6. The minimum atomic E-state index is -0.805. The molecule has 6 nitrogen and oxygen atoms in total. The summed E-state index contributed by atoms with van der Waals surface area (Å²) in [7, 11) is 0. The average Bonchev–Trinajstić information content (AvgIpc) is 3.39. The van der Waals surface area contributed by atoms with Crippen molar-refractivity contribution in [3.8, 4) is 0 Å². The Morgan fingerprint density at radius 1 is 0.288 bits per heavy atom. The molecule has 420 valence electrons. The van der Waals surface area contributed by atoms with Gasteiger partial charge in [-0.1, -0.05) is 260 Å². The Morgan fingerprint density at radius 3 is 0.904 bits per heavy atom. The summed E-state index contributed by atoms with van der Waals surface area (Å²) < 4.78 is 16.9. The molecule has 0 aliphatic rings. The highest BCUT2D eigenvalue weighted by atomic mass is 16.6. The van der Waals surface area contributed by atoms with Crippen LogP contribution >= 0.6 is 0 Å². The summed E-state index contributed by atoms with van der Waals surface area (Å²) in [4.78, 5) is 38.3. The molecule has 0 spiro atoms. The van der Waals surface area contributed by atoms with Gasteiger partial charge in [-0.15, -0.1) is 0 Å². The van der Waals surface area contributed by atoms with E-state index in [1.165, 1.54) is 180 Å². The van der Waals surface area contributed by atoms with Gasteiger partial charge < -0.3 is 14.2 Å². The Bertz CT molecular complexity index is 1400. The molecule has 1 atom stereocenters. The summed E-state index contributed by atoms with van der Waals surface area (Å²) in [6.45, 7) is 6.50. The van der Waals surface area contributed by atoms with Crippen molar-refractivity contribution in [3.05, 3.63) is 85.1 Å². The van der Waals surface area contributed by atoms with E-state index >= 15 is 0 Å². The van der Waals surface area contributed by atoms with Gasteiger partial charge in [-0.05, 0) is 109 Å². The van der Waals surface area contributed by atoms with Gasteiger partial charge in [0, 0.05) is 19.3 Å². The zero-order valence-electron chi connectivity index (χ0n) is 48.1. The summed E-state index contributed by atoms with van der Waals surface area (Å²) in [6.07, 6.45) is 80.2. The van der Waals surface area contributed by atoms with Crippen LogP contribution < -0.4 is 0 Å². The van der Waals surface area contributed by atoms with Gasteiger partial charge in [0.1, 0.15) is 13.2 Å². The third-order valence-corrected chi connectivity index (χ3v) is 13.4. The molecule has 0 rings (SSSR count). The molecule has 0 aromatic rings. The fraction of sp³-hybridized carbons (Fsp3) is 0.746. The van der Waals surface area contributed by atoms with E-state index in [1.54, 1.807) is 0 Å². The first-order chi connectivity index (χ1) is 36.0. The monoisotopic (exact) mass is 1020 g/mol. The van der Waals surface area contributed by atoms with Gasteiger partial charge in [0.15, 0.2) is 6.10 Å². The third-order valence-electron chi connectivity index (χ3n) is 13.4. The van der Waals surface area contributed by atoms with Crippen LogP contribution in [0.4, 0.5) is 0 Å². The van der Waals surface area contributed by atoms with Crippen molar-refractivity contribution in [3.63, 3.8) is 0 Å². The molecule has 73 heavy (non-hydrogen) atoms. The number of carbonyl (C=O) groups is 3. The summed E-state index contributed by atoms with van der Waals surface area (Å²) in [5.41, 5.74) is 0. The molecule has 0 N–H and O–H groups in total. The van der Waals surface area contributed by atoms with Crippen molar-refractivity contribution in [1.82, 2.24) is 0 Å². The van der Waals surface area contributed by atoms with Crippen LogP contribution in [0, 0.1) is 0 Å². The second-order valence-corrected chi connectivity index (χ2v) is 20.6. The van der Waals surface area contributed by atoms with Crippen LogP contribution in [0.1, 0.15) is 303 Å². The van der Waals surface area contributed by atoms with Crippen molar-refractivity contribution >= 4 is 17.9 Å². The maximum absolute atomic E-state index is 12.9. The number of ether oxygens (including phenoxy) is 3. The first kappa shape index (κ1) is 69.6. The van der Waals surface area contributed by atoms with Gasteiger partial charge >= 0.3 is 17.9 Å². The molecule has 0 unspecified atom stereocenters. The predicted molar refractivity (Wildman–Crippen MR) is 316 cm³/mol. The number of carbonyl (C=O) groups excluding carboxylic acids is 3. The van der Waals surface area contributed by atoms with Crippen LogP contribution in [0.3, 0.4) is 0 Å². The van der Waals surface area contributed by atoms with E-state index in [4.69, 9.17) is 14.2 Å². The second kappa shape index (κ2) is 61.1. The maximum Gasteiger partial charge on any atom is 0.306 e. The number of esters is 3. The summed E-state index contributed by atoms with van der Waals surface area (Å²) in [5, 5.41) is 0. The lowest BCUT2D eigenvalue weighted by molar-refractivity contribution is -0.167. The zero-order chi connectivity index (χ0) is 52.9. The van der Waals surface area contributed by atoms with Crippen LogP contribution in [-0.2, 0) is 28.6 Å². The number of allylic oxidation sites excluding steroid dienone is 14. The molecule has 0 saturated heterocycles. The molecular weight excluding hydrogens is 901 g/mol. The fourth-order valence-electron chi connectivity index (χ4n) is 8.70. The predicted octanol–water partition coefficient (Wildman–Crippen LogP) is 21.1. The van der Waals surface area contributed by atoms with Crippen LogP contribution in [0.2, 0.25) is 0 Å². The third kappa shape index (κ3) is 59.3. The molecule has 6 heteroatoms. The minimum absolute atomic E-state index is 0.0974. The fourth-order valence-corrected chi connectivity index (χ4v) is 8.70. The minimum Gasteiger partial charge on any atom is -0.462 e. The Kier molecular flexibility index (Phi) is 58.3. The van der Waals surface area contributed by atoms with Crippen LogP contribution in [0.15, 0.2) is 85.1 Å². The van der Waals surface area contributed by atoms with Crippen molar-refractivity contribution < 1.29 is 28.6 Å². The smallest absolute Gasteiger partial charge is 0.306 e. The molecule has 0 aromatic heterocycles. The van der Waals surface area contributed by atoms with Crippen molar-refractivity contribution in [2.75, 3.05) is 13.2 Å². The lowest BCUT2D eigenvalue weighted by atomic mass is 10.1. The zero-order valence-corrected chi connectivity index (χ0v) is 48.1. The Morgan fingerprint density at radius 2 is 0.548 bits per heavy atom. The largest absolute Gasteiger partial charge is 0.462 e. The molecule has 0 saturated carbocycles. The van der Waals surface area contributed by atoms with Gasteiger partial charge in [0.25, 0.3) is 0 Å². The highest BCUT2D eigenvalue weighted by Gasteiger charge is 2.19. The number of unbranched alkanes of at least 4 members (excludes halogenated alkanes) is 31. The van der Waals surface area contributed by atoms with Gasteiger partial charge in [-0.2, -0.15) is 0 Å². The molecule has 0 bridgehead atoms. The summed E-state index contributed by atoms with van der Waals surface area (Å²) in [5.74, 6) is -0.956. The number of hydrogen-bond acceptors (Lipinski definition) is 6. The van der Waals surface area contributed by atoms with Crippen molar-refractivity contribution in [1.29, 1.82) is 0 Å². The average molecular weight is 1020 g/mol. The number of hydrogen-bond donors (Lipinski definition) is 0. The maximum atomic E-state index is 12.9. The normalized spacial score (nSPS) is 12.6. The van der Waals surface area contributed by atoms with Crippen LogP contribution in [0.25, 0.3) is 0 Å². The van der Waals surface area contributed by atoms with Gasteiger partial charge in [0.2, 0.25) is 0 Å². The Balaban J connectivity index is 4.45. The second-order valence-electron chi connectivity index (χ2n) is 20.6. The van der Waals surface area contributed by atoms with E-state index in [1.807, 2.05) is 0 Å². The van der Waals surface area contributed by atoms with Gasteiger partial charge in [-0.25, -0.2) is 0 Å². The number of rotatable bonds is 56. The quantitative estimate of drug-likeness (QED) is 0.0261. The molecule has 0 amide bonds. The summed E-state index contributed by atoms with van der Waals surface area (Å²) in [6, 6.07) is 0. The lowest BCUT2D eigenvalue weighted by Gasteiger charge is -2.18. The Labute approximate surface area is 452 Å². The Hall–Kier alpha value is -3.41. The first-order valence-corrected chi connectivity index (χ1v) is 31.1. The topological polar surface area (TPSA) is 78.9 Å². The van der Waals surface area contributed by atoms with Crippen molar-refractivity contribution in [2.45, 2.75) is 309 Å². The van der Waals surface area contributed by atoms with Gasteiger partial charge in [-0.3, -0.25) is 14.4 Å². The molecule has 0 fully saturated rings. The lowest BCUT2D eigenvalue weighted by Crippen LogP contribution is -2.30. The molecule has 0 aliphatic carbocycles. The van der Waals surface area contributed by atoms with Crippen LogP contribution in [0.5, 0.6) is 0 Å². The SMILES string of the molecule is CC/C=C\C/C=C\C/C=C\C/C=C\C/C=C\CCCC(=O)OC[C@H](COC(=O)CCCCCCCCC/C=C\CCCCCCCCCC)OC(=O)CCCCCCCCC/C=C\CCCCCCCCCC. The highest BCUT2D eigenvalue weighted by Crippen LogP contribution is 2.15. The summed E-state index contributed by atoms with van der Waals surface area (Å²) >= 11 is 0. The molecule has 0 heterocycles. The van der Waals surface area contributed by atoms with E-state index in [2.05, 4.69) is 106 Å². The molecule has 0 aromatic carbocycles.